The first kappa shape index (κ1) is 23.0. The van der Waals surface area contributed by atoms with Crippen LogP contribution in [0.2, 0.25) is 0 Å². The number of ether oxygens (including phenoxy) is 1. The fourth-order valence-corrected chi connectivity index (χ4v) is 3.48. The topological polar surface area (TPSA) is 72.9 Å². The van der Waals surface area contributed by atoms with E-state index in [2.05, 4.69) is 11.9 Å². The van der Waals surface area contributed by atoms with E-state index in [1.807, 2.05) is 58.1 Å². The monoisotopic (exact) mass is 436 g/mol. The van der Waals surface area contributed by atoms with Gasteiger partial charge in [0.15, 0.2) is 0 Å². The molecule has 1 atom stereocenters. The highest BCUT2D eigenvalue weighted by Gasteiger charge is 2.35. The molecule has 2 aromatic heterocycles. The fraction of sp³-hybridized carbons (Fsp3) is 0.333. The van der Waals surface area contributed by atoms with Gasteiger partial charge in [-0.15, -0.1) is 24.8 Å². The lowest BCUT2D eigenvalue weighted by Gasteiger charge is -2.22. The summed E-state index contributed by atoms with van der Waals surface area (Å²) in [4.78, 5) is 19.2. The molecule has 1 aromatic carbocycles. The quantitative estimate of drug-likeness (QED) is 0.663. The lowest BCUT2D eigenvalue weighted by molar-refractivity contribution is 0.0776. The molecule has 156 valence electrons. The van der Waals surface area contributed by atoms with Crippen LogP contribution >= 0.6 is 24.8 Å². The van der Waals surface area contributed by atoms with Crippen molar-refractivity contribution < 1.29 is 9.53 Å². The number of pyridine rings is 1. The third-order valence-corrected chi connectivity index (χ3v) is 5.22. The van der Waals surface area contributed by atoms with E-state index in [-0.39, 0.29) is 36.1 Å². The standard InChI is InChI=1S/C21H24N4O2.2ClH/c1-21(14-22)8-10-25(15-21)20(26)16-5-4-6-18(11-16)27-13-17-12-24-9-3-2-7-19(24)23-17;;/h2-7,9,11-12H,8,10,13-15,22H2,1H3;2*1H. The molecule has 0 spiro atoms. The maximum Gasteiger partial charge on any atom is 0.254 e. The zero-order valence-electron chi connectivity index (χ0n) is 16.3. The second kappa shape index (κ2) is 9.48. The molecule has 1 aliphatic heterocycles. The van der Waals surface area contributed by atoms with Gasteiger partial charge in [-0.1, -0.05) is 19.1 Å². The number of carbonyl (C=O) groups is 1. The maximum absolute atomic E-state index is 12.8. The van der Waals surface area contributed by atoms with Crippen LogP contribution in [0, 0.1) is 5.41 Å². The summed E-state index contributed by atoms with van der Waals surface area (Å²) in [6, 6.07) is 13.2. The van der Waals surface area contributed by atoms with E-state index in [0.29, 0.717) is 31.0 Å². The van der Waals surface area contributed by atoms with Crippen molar-refractivity contribution in [3.63, 3.8) is 0 Å². The number of imidazole rings is 1. The third kappa shape index (κ3) is 5.01. The van der Waals surface area contributed by atoms with Gasteiger partial charge in [0.1, 0.15) is 18.0 Å². The second-order valence-electron chi connectivity index (χ2n) is 7.51. The number of hydrogen-bond acceptors (Lipinski definition) is 4. The Labute approximate surface area is 182 Å². The van der Waals surface area contributed by atoms with Crippen LogP contribution in [-0.2, 0) is 6.61 Å². The first-order valence-corrected chi connectivity index (χ1v) is 9.21. The molecule has 1 amide bonds. The van der Waals surface area contributed by atoms with Gasteiger partial charge in [0.2, 0.25) is 0 Å². The SMILES string of the molecule is CC1(CN)CCN(C(=O)c2cccc(OCc3cn4ccccc4n3)c2)C1.Cl.Cl. The highest BCUT2D eigenvalue weighted by Crippen LogP contribution is 2.30. The Morgan fingerprint density at radius 3 is 2.79 bits per heavy atom. The molecule has 3 heterocycles. The molecule has 1 saturated heterocycles. The minimum atomic E-state index is 0. The van der Waals surface area contributed by atoms with Crippen molar-refractivity contribution in [2.24, 2.45) is 11.1 Å². The van der Waals surface area contributed by atoms with E-state index >= 15 is 0 Å². The predicted octanol–water partition coefficient (Wildman–Crippen LogP) is 3.57. The fourth-order valence-electron chi connectivity index (χ4n) is 3.48. The van der Waals surface area contributed by atoms with Crippen LogP contribution in [0.25, 0.3) is 5.65 Å². The predicted molar refractivity (Wildman–Crippen MR) is 118 cm³/mol. The van der Waals surface area contributed by atoms with Crippen LogP contribution in [0.3, 0.4) is 0 Å². The number of benzene rings is 1. The minimum absolute atomic E-state index is 0. The summed E-state index contributed by atoms with van der Waals surface area (Å²) < 4.78 is 7.83. The van der Waals surface area contributed by atoms with Crippen molar-refractivity contribution in [2.75, 3.05) is 19.6 Å². The molecule has 8 heteroatoms. The molecule has 0 radical (unpaired) electrons. The van der Waals surface area contributed by atoms with Crippen LogP contribution < -0.4 is 10.5 Å². The lowest BCUT2D eigenvalue weighted by Crippen LogP contribution is -2.34. The van der Waals surface area contributed by atoms with Crippen LogP contribution in [0.4, 0.5) is 0 Å². The van der Waals surface area contributed by atoms with E-state index in [1.54, 1.807) is 6.07 Å². The van der Waals surface area contributed by atoms with Gasteiger partial charge in [-0.05, 0) is 48.7 Å². The molecule has 1 unspecified atom stereocenters. The maximum atomic E-state index is 12.8. The number of likely N-dealkylation sites (tertiary alicyclic amines) is 1. The minimum Gasteiger partial charge on any atom is -0.487 e. The molecule has 0 bridgehead atoms. The van der Waals surface area contributed by atoms with E-state index in [1.165, 1.54) is 0 Å². The molecule has 29 heavy (non-hydrogen) atoms. The summed E-state index contributed by atoms with van der Waals surface area (Å²) in [7, 11) is 0. The molecule has 4 rings (SSSR count). The van der Waals surface area contributed by atoms with E-state index in [4.69, 9.17) is 10.5 Å². The lowest BCUT2D eigenvalue weighted by atomic mass is 9.90. The number of aromatic nitrogens is 2. The summed E-state index contributed by atoms with van der Waals surface area (Å²) in [5, 5.41) is 0. The van der Waals surface area contributed by atoms with E-state index in [9.17, 15) is 4.79 Å². The van der Waals surface area contributed by atoms with Crippen LogP contribution in [-0.4, -0.2) is 39.8 Å². The van der Waals surface area contributed by atoms with Gasteiger partial charge < -0.3 is 19.8 Å². The zero-order chi connectivity index (χ0) is 18.9. The van der Waals surface area contributed by atoms with Crippen LogP contribution in [0.1, 0.15) is 29.4 Å². The molecule has 0 aliphatic carbocycles. The molecular formula is C21H26Cl2N4O2. The van der Waals surface area contributed by atoms with Gasteiger partial charge in [-0.2, -0.15) is 0 Å². The summed E-state index contributed by atoms with van der Waals surface area (Å²) in [6.45, 7) is 4.54. The molecule has 2 N–H and O–H groups in total. The van der Waals surface area contributed by atoms with E-state index in [0.717, 1.165) is 24.3 Å². The zero-order valence-corrected chi connectivity index (χ0v) is 17.9. The average molecular weight is 437 g/mol. The largest absolute Gasteiger partial charge is 0.487 e. The van der Waals surface area contributed by atoms with Crippen LogP contribution in [0.5, 0.6) is 5.75 Å². The Kier molecular flexibility index (Phi) is 7.52. The van der Waals surface area contributed by atoms with E-state index < -0.39 is 0 Å². The Hall–Kier alpha value is -2.28. The summed E-state index contributed by atoms with van der Waals surface area (Å²) >= 11 is 0. The van der Waals surface area contributed by atoms with Crippen molar-refractivity contribution in [1.29, 1.82) is 0 Å². The Morgan fingerprint density at radius 1 is 1.24 bits per heavy atom. The Morgan fingerprint density at radius 2 is 2.07 bits per heavy atom. The normalized spacial score (nSPS) is 18.2. The summed E-state index contributed by atoms with van der Waals surface area (Å²) in [5.74, 6) is 0.698. The number of hydrogen-bond donors (Lipinski definition) is 1. The van der Waals surface area contributed by atoms with Crippen molar-refractivity contribution in [3.05, 3.63) is 66.1 Å². The van der Waals surface area contributed by atoms with Crippen molar-refractivity contribution >= 4 is 36.4 Å². The molecule has 0 saturated carbocycles. The van der Waals surface area contributed by atoms with Crippen molar-refractivity contribution in [2.45, 2.75) is 20.0 Å². The number of fused-ring (bicyclic) bond motifs is 1. The number of nitrogens with zero attached hydrogens (tertiary/aromatic N) is 3. The second-order valence-corrected chi connectivity index (χ2v) is 7.51. The number of nitrogens with two attached hydrogens (primary N) is 1. The smallest absolute Gasteiger partial charge is 0.254 e. The summed E-state index contributed by atoms with van der Waals surface area (Å²) in [5.41, 5.74) is 8.24. The van der Waals surface area contributed by atoms with Gasteiger partial charge in [0.05, 0.1) is 5.69 Å². The molecule has 3 aromatic rings. The number of carbonyl (C=O) groups excluding carboxylic acids is 1. The highest BCUT2D eigenvalue weighted by molar-refractivity contribution is 5.94. The first-order valence-electron chi connectivity index (χ1n) is 9.21. The molecular weight excluding hydrogens is 411 g/mol. The number of amides is 1. The molecule has 1 aliphatic rings. The van der Waals surface area contributed by atoms with Crippen LogP contribution in [0.15, 0.2) is 54.9 Å². The molecule has 6 nitrogen and oxygen atoms in total. The third-order valence-electron chi connectivity index (χ3n) is 5.22. The molecule has 1 fully saturated rings. The highest BCUT2D eigenvalue weighted by atomic mass is 35.5. The van der Waals surface area contributed by atoms with Gasteiger partial charge in [-0.25, -0.2) is 4.98 Å². The van der Waals surface area contributed by atoms with Gasteiger partial charge >= 0.3 is 0 Å². The first-order chi connectivity index (χ1) is 13.1. The van der Waals surface area contributed by atoms with Gasteiger partial charge in [0, 0.05) is 31.0 Å². The number of halogens is 2. The number of rotatable bonds is 5. The average Bonchev–Trinajstić information content (AvgIpc) is 3.30. The van der Waals surface area contributed by atoms with Crippen molar-refractivity contribution in [3.8, 4) is 5.75 Å². The summed E-state index contributed by atoms with van der Waals surface area (Å²) in [6.07, 6.45) is 4.85. The Bertz CT molecular complexity index is 945. The van der Waals surface area contributed by atoms with Gasteiger partial charge in [0.25, 0.3) is 5.91 Å². The van der Waals surface area contributed by atoms with Gasteiger partial charge in [-0.3, -0.25) is 4.79 Å². The Balaban J connectivity index is 0.00000150. The van der Waals surface area contributed by atoms with Crippen molar-refractivity contribution in [1.82, 2.24) is 14.3 Å².